The molecule has 0 spiro atoms. The lowest BCUT2D eigenvalue weighted by molar-refractivity contribution is -0.113. The molecule has 0 atom stereocenters. The maximum Gasteiger partial charge on any atom is 0.234 e. The van der Waals surface area contributed by atoms with Gasteiger partial charge in [0, 0.05) is 11.3 Å². The van der Waals surface area contributed by atoms with Gasteiger partial charge in [-0.2, -0.15) is 0 Å². The highest BCUT2D eigenvalue weighted by Gasteiger charge is 2.18. The lowest BCUT2D eigenvalue weighted by atomic mass is 10.2. The van der Waals surface area contributed by atoms with Crippen molar-refractivity contribution in [2.75, 3.05) is 11.1 Å². The fourth-order valence-corrected chi connectivity index (χ4v) is 3.85. The van der Waals surface area contributed by atoms with Crippen LogP contribution in [0.3, 0.4) is 0 Å². The molecular formula is C22H14ClF3N4OS. The Morgan fingerprint density at radius 2 is 1.53 bits per heavy atom. The molecule has 0 bridgehead atoms. The van der Waals surface area contributed by atoms with Crippen molar-refractivity contribution >= 4 is 35.0 Å². The summed E-state index contributed by atoms with van der Waals surface area (Å²) in [5, 5.41) is 11.4. The number of nitrogens with one attached hydrogen (secondary N) is 1. The van der Waals surface area contributed by atoms with Gasteiger partial charge in [0.25, 0.3) is 0 Å². The van der Waals surface area contributed by atoms with Crippen LogP contribution >= 0.6 is 23.4 Å². The lowest BCUT2D eigenvalue weighted by Gasteiger charge is -2.11. The van der Waals surface area contributed by atoms with Gasteiger partial charge in [-0.15, -0.1) is 10.2 Å². The van der Waals surface area contributed by atoms with Crippen molar-refractivity contribution in [3.63, 3.8) is 0 Å². The molecule has 0 saturated heterocycles. The summed E-state index contributed by atoms with van der Waals surface area (Å²) in [4.78, 5) is 12.4. The van der Waals surface area contributed by atoms with E-state index in [1.54, 1.807) is 28.8 Å². The molecule has 5 nitrogen and oxygen atoms in total. The van der Waals surface area contributed by atoms with Gasteiger partial charge in [-0.3, -0.25) is 9.36 Å². The summed E-state index contributed by atoms with van der Waals surface area (Å²) in [5.41, 5.74) is 1.45. The zero-order chi connectivity index (χ0) is 22.7. The predicted octanol–water partition coefficient (Wildman–Crippen LogP) is 5.74. The predicted molar refractivity (Wildman–Crippen MR) is 117 cm³/mol. The van der Waals surface area contributed by atoms with E-state index in [1.165, 1.54) is 36.4 Å². The molecule has 0 saturated carbocycles. The number of amides is 1. The molecule has 0 unspecified atom stereocenters. The Hall–Kier alpha value is -3.30. The first kappa shape index (κ1) is 21.9. The fourth-order valence-electron chi connectivity index (χ4n) is 2.88. The van der Waals surface area contributed by atoms with Gasteiger partial charge >= 0.3 is 0 Å². The van der Waals surface area contributed by atoms with Gasteiger partial charge in [0.15, 0.2) is 11.0 Å². The average molecular weight is 475 g/mol. The van der Waals surface area contributed by atoms with Gasteiger partial charge < -0.3 is 5.32 Å². The first-order chi connectivity index (χ1) is 15.4. The topological polar surface area (TPSA) is 59.8 Å². The molecule has 10 heteroatoms. The largest absolute Gasteiger partial charge is 0.324 e. The molecule has 0 fully saturated rings. The van der Waals surface area contributed by atoms with E-state index in [4.69, 9.17) is 11.6 Å². The number of hydrogen-bond acceptors (Lipinski definition) is 4. The van der Waals surface area contributed by atoms with Gasteiger partial charge in [0.1, 0.15) is 17.5 Å². The number of aromatic nitrogens is 3. The number of benzene rings is 3. The Balaban J connectivity index is 1.60. The molecule has 4 aromatic rings. The summed E-state index contributed by atoms with van der Waals surface area (Å²) in [6.45, 7) is 0. The third kappa shape index (κ3) is 4.95. The Morgan fingerprint density at radius 1 is 0.906 bits per heavy atom. The van der Waals surface area contributed by atoms with Crippen LogP contribution in [-0.4, -0.2) is 26.4 Å². The maximum absolute atomic E-state index is 13.4. The van der Waals surface area contributed by atoms with E-state index in [2.05, 4.69) is 15.5 Å². The summed E-state index contributed by atoms with van der Waals surface area (Å²) in [6.07, 6.45) is 0. The van der Waals surface area contributed by atoms with Crippen LogP contribution in [0.2, 0.25) is 5.02 Å². The lowest BCUT2D eigenvalue weighted by Crippen LogP contribution is -2.15. The zero-order valence-electron chi connectivity index (χ0n) is 16.2. The molecule has 0 radical (unpaired) electrons. The quantitative estimate of drug-likeness (QED) is 0.362. The van der Waals surface area contributed by atoms with Crippen LogP contribution in [0.15, 0.2) is 71.9 Å². The van der Waals surface area contributed by atoms with E-state index < -0.39 is 17.5 Å². The van der Waals surface area contributed by atoms with Crippen molar-refractivity contribution in [3.05, 3.63) is 89.2 Å². The molecule has 1 N–H and O–H groups in total. The highest BCUT2D eigenvalue weighted by molar-refractivity contribution is 7.99. The first-order valence-electron chi connectivity index (χ1n) is 9.26. The fraction of sp³-hybridized carbons (Fsp3) is 0.0455. The van der Waals surface area contributed by atoms with Crippen molar-refractivity contribution < 1.29 is 18.0 Å². The smallest absolute Gasteiger partial charge is 0.234 e. The second-order valence-electron chi connectivity index (χ2n) is 6.59. The summed E-state index contributed by atoms with van der Waals surface area (Å²) in [7, 11) is 0. The van der Waals surface area contributed by atoms with Crippen LogP contribution in [-0.2, 0) is 4.79 Å². The number of hydrogen-bond donors (Lipinski definition) is 1. The number of nitrogens with zero attached hydrogens (tertiary/aromatic N) is 3. The summed E-state index contributed by atoms with van der Waals surface area (Å²) in [5.74, 6) is -1.34. The third-order valence-corrected chi connectivity index (χ3v) is 5.60. The molecule has 0 aliphatic heterocycles. The van der Waals surface area contributed by atoms with Gasteiger partial charge in [-0.05, 0) is 66.7 Å². The number of halogens is 4. The van der Waals surface area contributed by atoms with Crippen LogP contribution < -0.4 is 5.32 Å². The maximum atomic E-state index is 13.4. The van der Waals surface area contributed by atoms with E-state index in [-0.39, 0.29) is 22.4 Å². The second-order valence-corrected chi connectivity index (χ2v) is 7.94. The highest BCUT2D eigenvalue weighted by Crippen LogP contribution is 2.29. The van der Waals surface area contributed by atoms with Crippen molar-refractivity contribution in [1.82, 2.24) is 14.8 Å². The third-order valence-electron chi connectivity index (χ3n) is 4.36. The first-order valence-corrected chi connectivity index (χ1v) is 10.6. The second kappa shape index (κ2) is 9.46. The summed E-state index contributed by atoms with van der Waals surface area (Å²) < 4.78 is 41.6. The molecule has 1 heterocycles. The molecule has 4 rings (SSSR count). The van der Waals surface area contributed by atoms with Crippen molar-refractivity contribution in [2.45, 2.75) is 5.16 Å². The minimum Gasteiger partial charge on any atom is -0.324 e. The van der Waals surface area contributed by atoms with Gasteiger partial charge in [0.2, 0.25) is 5.91 Å². The van der Waals surface area contributed by atoms with Crippen molar-refractivity contribution in [3.8, 4) is 17.1 Å². The van der Waals surface area contributed by atoms with Crippen LogP contribution in [0.4, 0.5) is 18.9 Å². The monoisotopic (exact) mass is 474 g/mol. The Morgan fingerprint density at radius 3 is 2.19 bits per heavy atom. The Kier molecular flexibility index (Phi) is 6.48. The number of carbonyl (C=O) groups excluding carboxylic acids is 1. The molecule has 3 aromatic carbocycles. The van der Waals surface area contributed by atoms with Crippen LogP contribution in [0.5, 0.6) is 0 Å². The van der Waals surface area contributed by atoms with E-state index in [0.29, 0.717) is 22.2 Å². The van der Waals surface area contributed by atoms with E-state index >= 15 is 0 Å². The molecule has 162 valence electrons. The Labute approximate surface area is 190 Å². The number of anilines is 1. The summed E-state index contributed by atoms with van der Waals surface area (Å²) in [6, 6.07) is 15.0. The number of rotatable bonds is 6. The molecule has 32 heavy (non-hydrogen) atoms. The number of carbonyl (C=O) groups is 1. The molecule has 0 aliphatic rings. The normalized spacial score (nSPS) is 10.9. The van der Waals surface area contributed by atoms with Gasteiger partial charge in [-0.25, -0.2) is 13.2 Å². The molecular weight excluding hydrogens is 461 g/mol. The van der Waals surface area contributed by atoms with Crippen LogP contribution in [0.25, 0.3) is 17.1 Å². The van der Waals surface area contributed by atoms with Gasteiger partial charge in [-0.1, -0.05) is 23.4 Å². The average Bonchev–Trinajstić information content (AvgIpc) is 3.19. The highest BCUT2D eigenvalue weighted by atomic mass is 35.5. The standard InChI is InChI=1S/C22H14ClF3N4OS/c23-18-11-16(26)7-10-19(18)27-20(31)12-32-22-29-28-21(13-1-3-14(24)4-2-13)30(22)17-8-5-15(25)6-9-17/h1-11H,12H2,(H,27,31). The molecule has 1 aromatic heterocycles. The number of thioether (sulfide) groups is 1. The molecule has 0 aliphatic carbocycles. The van der Waals surface area contributed by atoms with E-state index in [1.807, 2.05) is 0 Å². The zero-order valence-corrected chi connectivity index (χ0v) is 17.8. The van der Waals surface area contributed by atoms with Crippen LogP contribution in [0.1, 0.15) is 0 Å². The van der Waals surface area contributed by atoms with Gasteiger partial charge in [0.05, 0.1) is 16.5 Å². The summed E-state index contributed by atoms with van der Waals surface area (Å²) >= 11 is 7.04. The van der Waals surface area contributed by atoms with E-state index in [9.17, 15) is 18.0 Å². The van der Waals surface area contributed by atoms with Crippen molar-refractivity contribution in [2.24, 2.45) is 0 Å². The van der Waals surface area contributed by atoms with Crippen LogP contribution in [0, 0.1) is 17.5 Å². The van der Waals surface area contributed by atoms with E-state index in [0.717, 1.165) is 17.8 Å². The Bertz CT molecular complexity index is 1260. The molecule has 1 amide bonds. The van der Waals surface area contributed by atoms with Crippen molar-refractivity contribution in [1.29, 1.82) is 0 Å². The SMILES string of the molecule is O=C(CSc1nnc(-c2ccc(F)cc2)n1-c1ccc(F)cc1)Nc1ccc(F)cc1Cl. The minimum atomic E-state index is -0.511. The minimum absolute atomic E-state index is 0.0452.